The average Bonchev–Trinajstić information content (AvgIpc) is 3.18. The Kier molecular flexibility index (Phi) is 5.12. The van der Waals surface area contributed by atoms with Crippen LogP contribution in [0.3, 0.4) is 0 Å². The van der Waals surface area contributed by atoms with Gasteiger partial charge in [0.25, 0.3) is 0 Å². The summed E-state index contributed by atoms with van der Waals surface area (Å²) >= 11 is 5.90. The summed E-state index contributed by atoms with van der Waals surface area (Å²) in [5.41, 5.74) is 2.91. The van der Waals surface area contributed by atoms with Gasteiger partial charge in [-0.25, -0.2) is 9.50 Å². The van der Waals surface area contributed by atoms with Crippen molar-refractivity contribution in [2.75, 3.05) is 5.32 Å². The van der Waals surface area contributed by atoms with E-state index in [2.05, 4.69) is 21.5 Å². The monoisotopic (exact) mass is 382 g/mol. The van der Waals surface area contributed by atoms with Crippen LogP contribution in [-0.2, 0) is 4.79 Å². The maximum atomic E-state index is 12.6. The molecule has 0 spiro atoms. The molecule has 2 heterocycles. The molecule has 140 valence electrons. The normalized spacial score (nSPS) is 21.1. The summed E-state index contributed by atoms with van der Waals surface area (Å²) in [6.45, 7) is 2.04. The van der Waals surface area contributed by atoms with E-state index < -0.39 is 0 Å². The maximum Gasteiger partial charge on any atom is 0.227 e. The van der Waals surface area contributed by atoms with E-state index in [9.17, 15) is 4.79 Å². The highest BCUT2D eigenvalue weighted by atomic mass is 35.5. The third-order valence-electron chi connectivity index (χ3n) is 5.74. The predicted octanol–water partition coefficient (Wildman–Crippen LogP) is 4.93. The smallest absolute Gasteiger partial charge is 0.227 e. The summed E-state index contributed by atoms with van der Waals surface area (Å²) in [5.74, 6) is 0.949. The van der Waals surface area contributed by atoms with Crippen LogP contribution in [-0.4, -0.2) is 20.5 Å². The van der Waals surface area contributed by atoms with E-state index in [-0.39, 0.29) is 11.8 Å². The number of aromatic nitrogens is 3. The largest absolute Gasteiger partial charge is 0.326 e. The lowest BCUT2D eigenvalue weighted by Crippen LogP contribution is -2.29. The quantitative estimate of drug-likeness (QED) is 0.695. The number of hydrogen-bond acceptors (Lipinski definition) is 3. The Morgan fingerprint density at radius 3 is 2.59 bits per heavy atom. The molecule has 1 fully saturated rings. The van der Waals surface area contributed by atoms with Gasteiger partial charge >= 0.3 is 0 Å². The van der Waals surface area contributed by atoms with Crippen LogP contribution in [0.2, 0.25) is 5.02 Å². The highest BCUT2D eigenvalue weighted by molar-refractivity contribution is 6.30. The van der Waals surface area contributed by atoms with Crippen molar-refractivity contribution in [2.24, 2.45) is 11.8 Å². The lowest BCUT2D eigenvalue weighted by atomic mass is 9.75. The number of nitrogens with zero attached hydrogens (tertiary/aromatic N) is 3. The van der Waals surface area contributed by atoms with Crippen molar-refractivity contribution in [3.8, 4) is 0 Å². The van der Waals surface area contributed by atoms with Gasteiger partial charge in [0.05, 0.1) is 6.20 Å². The Labute approximate surface area is 163 Å². The van der Waals surface area contributed by atoms with Gasteiger partial charge in [0, 0.05) is 40.5 Å². The lowest BCUT2D eigenvalue weighted by molar-refractivity contribution is -0.121. The zero-order valence-electron chi connectivity index (χ0n) is 15.3. The minimum absolute atomic E-state index is 0.0104. The number of amides is 1. The molecule has 1 atom stereocenters. The fourth-order valence-electron chi connectivity index (χ4n) is 4.08. The van der Waals surface area contributed by atoms with Crippen LogP contribution in [0.15, 0.2) is 48.8 Å². The van der Waals surface area contributed by atoms with Crippen molar-refractivity contribution < 1.29 is 4.79 Å². The SMILES string of the molecule is C[C@H](C(=O)Nc1ccc(Cl)cc1)[C@H]1CC[C@@H](c2ccnc3ccnn32)CC1. The molecule has 6 heteroatoms. The zero-order chi connectivity index (χ0) is 18.8. The summed E-state index contributed by atoms with van der Waals surface area (Å²) in [5, 5.41) is 8.09. The summed E-state index contributed by atoms with van der Waals surface area (Å²) in [4.78, 5) is 17.0. The zero-order valence-corrected chi connectivity index (χ0v) is 16.1. The molecule has 1 N–H and O–H groups in total. The molecule has 3 aromatic rings. The molecule has 1 aliphatic carbocycles. The molecule has 2 aromatic heterocycles. The number of carbonyl (C=O) groups is 1. The van der Waals surface area contributed by atoms with Crippen LogP contribution < -0.4 is 5.32 Å². The highest BCUT2D eigenvalue weighted by Crippen LogP contribution is 2.38. The highest BCUT2D eigenvalue weighted by Gasteiger charge is 2.30. The molecule has 0 saturated heterocycles. The van der Waals surface area contributed by atoms with E-state index in [1.807, 2.05) is 35.8 Å². The van der Waals surface area contributed by atoms with Crippen molar-refractivity contribution in [1.82, 2.24) is 14.6 Å². The second kappa shape index (κ2) is 7.69. The Morgan fingerprint density at radius 1 is 1.11 bits per heavy atom. The molecule has 1 aromatic carbocycles. The summed E-state index contributed by atoms with van der Waals surface area (Å²) in [6, 6.07) is 11.3. The Bertz CT molecular complexity index is 929. The molecule has 1 amide bonds. The van der Waals surface area contributed by atoms with E-state index in [1.165, 1.54) is 5.69 Å². The first kappa shape index (κ1) is 18.0. The van der Waals surface area contributed by atoms with Crippen LogP contribution in [0, 0.1) is 11.8 Å². The summed E-state index contributed by atoms with van der Waals surface area (Å²) in [6.07, 6.45) is 7.89. The molecule has 5 nitrogen and oxygen atoms in total. The fourth-order valence-corrected chi connectivity index (χ4v) is 4.21. The van der Waals surface area contributed by atoms with Crippen LogP contribution in [0.25, 0.3) is 5.65 Å². The molecule has 4 rings (SSSR count). The molecule has 1 aliphatic rings. The van der Waals surface area contributed by atoms with Crippen molar-refractivity contribution in [3.05, 3.63) is 59.5 Å². The number of halogens is 1. The Hall–Kier alpha value is -2.40. The van der Waals surface area contributed by atoms with Gasteiger partial charge in [-0.15, -0.1) is 0 Å². The number of hydrogen-bond donors (Lipinski definition) is 1. The molecule has 1 saturated carbocycles. The minimum atomic E-state index is -0.0104. The van der Waals surface area contributed by atoms with E-state index in [4.69, 9.17) is 11.6 Å². The number of nitrogens with one attached hydrogen (secondary N) is 1. The maximum absolute atomic E-state index is 12.6. The molecule has 0 aliphatic heterocycles. The first-order valence-corrected chi connectivity index (χ1v) is 9.84. The topological polar surface area (TPSA) is 59.3 Å². The van der Waals surface area contributed by atoms with E-state index in [0.29, 0.717) is 16.9 Å². The Balaban J connectivity index is 1.37. The molecule has 0 bridgehead atoms. The molecular weight excluding hydrogens is 360 g/mol. The third-order valence-corrected chi connectivity index (χ3v) is 5.99. The van der Waals surface area contributed by atoms with Crippen LogP contribution in [0.5, 0.6) is 0 Å². The molecule has 0 radical (unpaired) electrons. The first-order valence-electron chi connectivity index (χ1n) is 9.47. The second-order valence-corrected chi connectivity index (χ2v) is 7.80. The number of rotatable bonds is 4. The van der Waals surface area contributed by atoms with Crippen molar-refractivity contribution in [1.29, 1.82) is 0 Å². The molecule has 27 heavy (non-hydrogen) atoms. The summed E-state index contributed by atoms with van der Waals surface area (Å²) in [7, 11) is 0. The van der Waals surface area contributed by atoms with Gasteiger partial charge in [-0.2, -0.15) is 5.10 Å². The van der Waals surface area contributed by atoms with Crippen LogP contribution in [0.1, 0.15) is 44.2 Å². The van der Waals surface area contributed by atoms with Crippen molar-refractivity contribution in [3.63, 3.8) is 0 Å². The second-order valence-electron chi connectivity index (χ2n) is 7.37. The van der Waals surface area contributed by atoms with Crippen molar-refractivity contribution >= 4 is 28.8 Å². The summed E-state index contributed by atoms with van der Waals surface area (Å²) < 4.78 is 1.95. The number of fused-ring (bicyclic) bond motifs is 1. The van der Waals surface area contributed by atoms with Gasteiger partial charge in [0.2, 0.25) is 5.91 Å². The van der Waals surface area contributed by atoms with Gasteiger partial charge in [0.1, 0.15) is 0 Å². The number of carbonyl (C=O) groups excluding carboxylic acids is 1. The van der Waals surface area contributed by atoms with Crippen LogP contribution in [0.4, 0.5) is 5.69 Å². The Morgan fingerprint density at radius 2 is 1.85 bits per heavy atom. The minimum Gasteiger partial charge on any atom is -0.326 e. The molecule has 0 unspecified atom stereocenters. The number of anilines is 1. The van der Waals surface area contributed by atoms with Crippen molar-refractivity contribution in [2.45, 2.75) is 38.5 Å². The van der Waals surface area contributed by atoms with Gasteiger partial charge in [-0.05, 0) is 61.9 Å². The third kappa shape index (κ3) is 3.83. The van der Waals surface area contributed by atoms with Gasteiger partial charge in [-0.1, -0.05) is 18.5 Å². The van der Waals surface area contributed by atoms with Crippen LogP contribution >= 0.6 is 11.6 Å². The van der Waals surface area contributed by atoms with Gasteiger partial charge in [-0.3, -0.25) is 4.79 Å². The first-order chi connectivity index (χ1) is 13.1. The van der Waals surface area contributed by atoms with Gasteiger partial charge < -0.3 is 5.32 Å². The van der Waals surface area contributed by atoms with E-state index in [1.54, 1.807) is 18.3 Å². The molecular formula is C21H23ClN4O. The van der Waals surface area contributed by atoms with E-state index >= 15 is 0 Å². The van der Waals surface area contributed by atoms with Gasteiger partial charge in [0.15, 0.2) is 5.65 Å². The van der Waals surface area contributed by atoms with E-state index in [0.717, 1.165) is 37.0 Å². The average molecular weight is 383 g/mol. The predicted molar refractivity (Wildman–Crippen MR) is 107 cm³/mol. The standard InChI is InChI=1S/C21H23ClN4O/c1-14(21(27)25-18-8-6-17(22)7-9-18)15-2-4-16(5-3-15)19-10-12-23-20-11-13-24-26(19)20/h6-16H,2-5H2,1H3,(H,25,27)/t14-,15-,16+/m0/s1. The fraction of sp³-hybridized carbons (Fsp3) is 0.381. The number of benzene rings is 1. The lowest BCUT2D eigenvalue weighted by Gasteiger charge is -2.32.